The van der Waals surface area contributed by atoms with Gasteiger partial charge in [0.15, 0.2) is 0 Å². The second kappa shape index (κ2) is 3.07. The van der Waals surface area contributed by atoms with Gasteiger partial charge < -0.3 is 10.1 Å². The number of thiocarbonyl (C=S) groups is 1. The van der Waals surface area contributed by atoms with Crippen LogP contribution in [0.4, 0.5) is 0 Å². The van der Waals surface area contributed by atoms with E-state index in [-0.39, 0.29) is 5.72 Å². The van der Waals surface area contributed by atoms with E-state index in [2.05, 4.69) is 5.32 Å². The van der Waals surface area contributed by atoms with Crippen LogP contribution < -0.4 is 5.32 Å². The molecule has 0 bridgehead atoms. The lowest BCUT2D eigenvalue weighted by molar-refractivity contribution is -0.00917. The summed E-state index contributed by atoms with van der Waals surface area (Å²) in [6.45, 7) is 2.01. The molecule has 0 amide bonds. The average Bonchev–Trinajstić information content (AvgIpc) is 1.88. The van der Waals surface area contributed by atoms with Crippen molar-refractivity contribution in [3.63, 3.8) is 0 Å². The fourth-order valence-corrected chi connectivity index (χ4v) is 2.24. The topological polar surface area (TPSA) is 21.3 Å². The van der Waals surface area contributed by atoms with E-state index in [1.807, 2.05) is 6.92 Å². The van der Waals surface area contributed by atoms with Crippen LogP contribution in [0.5, 0.6) is 0 Å². The van der Waals surface area contributed by atoms with Crippen LogP contribution in [0.3, 0.4) is 0 Å². The summed E-state index contributed by atoms with van der Waals surface area (Å²) < 4.78 is 6.08. The molecule has 0 unspecified atom stereocenters. The van der Waals surface area contributed by atoms with Crippen molar-refractivity contribution in [2.45, 2.75) is 19.1 Å². The molecule has 2 nitrogen and oxygen atoms in total. The molecule has 1 aliphatic rings. The quantitative estimate of drug-likeness (QED) is 0.610. The summed E-state index contributed by atoms with van der Waals surface area (Å²) in [4.78, 5) is 0. The largest absolute Gasteiger partial charge is 0.359 e. The van der Waals surface area contributed by atoms with E-state index < -0.39 is 0 Å². The molecule has 0 saturated carbocycles. The van der Waals surface area contributed by atoms with Crippen molar-refractivity contribution < 1.29 is 4.74 Å². The Balaban J connectivity index is 2.53. The van der Waals surface area contributed by atoms with Gasteiger partial charge in [-0.1, -0.05) is 24.0 Å². The smallest absolute Gasteiger partial charge is 0.137 e. The molecule has 1 aliphatic heterocycles. The number of hydrogen-bond donors (Lipinski definition) is 1. The van der Waals surface area contributed by atoms with E-state index in [9.17, 15) is 0 Å². The van der Waals surface area contributed by atoms with E-state index in [0.29, 0.717) is 0 Å². The third-order valence-corrected chi connectivity index (χ3v) is 2.86. The summed E-state index contributed by atoms with van der Waals surface area (Å²) in [6, 6.07) is 0. The van der Waals surface area contributed by atoms with E-state index in [4.69, 9.17) is 17.0 Å². The van der Waals surface area contributed by atoms with Crippen LogP contribution in [0.25, 0.3) is 0 Å². The Labute approximate surface area is 70.7 Å². The van der Waals surface area contributed by atoms with Gasteiger partial charge in [0.05, 0.1) is 0 Å². The van der Waals surface area contributed by atoms with Gasteiger partial charge in [-0.3, -0.25) is 0 Å². The molecule has 0 aromatic heterocycles. The van der Waals surface area contributed by atoms with E-state index in [1.54, 1.807) is 18.9 Å². The minimum atomic E-state index is -0.220. The van der Waals surface area contributed by atoms with Crippen LogP contribution in [-0.2, 0) is 4.74 Å². The van der Waals surface area contributed by atoms with Gasteiger partial charge >= 0.3 is 0 Å². The molecule has 1 rings (SSSR count). The maximum Gasteiger partial charge on any atom is 0.137 e. The standard InChI is InChI=1S/C6H11NOS2/c1-6(8-2)3-4-10-5(9)7-6/h3-4H2,1-2H3,(H,7,9)/t6-/m1/s1. The third kappa shape index (κ3) is 1.84. The number of methoxy groups -OCH3 is 1. The van der Waals surface area contributed by atoms with Crippen molar-refractivity contribution in [1.29, 1.82) is 0 Å². The minimum absolute atomic E-state index is 0.220. The minimum Gasteiger partial charge on any atom is -0.359 e. The summed E-state index contributed by atoms with van der Waals surface area (Å²) in [6.07, 6.45) is 1.01. The Hall–Kier alpha value is 0.200. The van der Waals surface area contributed by atoms with Gasteiger partial charge in [0, 0.05) is 19.3 Å². The second-order valence-corrected chi connectivity index (χ2v) is 4.22. The molecule has 1 heterocycles. The van der Waals surface area contributed by atoms with Crippen molar-refractivity contribution in [2.24, 2.45) is 0 Å². The van der Waals surface area contributed by atoms with Crippen LogP contribution in [0, 0.1) is 0 Å². The molecule has 58 valence electrons. The SMILES string of the molecule is CO[C@]1(C)CCSC(=S)N1. The van der Waals surface area contributed by atoms with Crippen molar-refractivity contribution in [3.8, 4) is 0 Å². The van der Waals surface area contributed by atoms with E-state index >= 15 is 0 Å². The Morgan fingerprint density at radius 3 is 2.90 bits per heavy atom. The zero-order chi connectivity index (χ0) is 7.61. The Morgan fingerprint density at radius 2 is 2.50 bits per heavy atom. The van der Waals surface area contributed by atoms with Gasteiger partial charge in [-0.25, -0.2) is 0 Å². The molecule has 1 N–H and O–H groups in total. The van der Waals surface area contributed by atoms with Crippen molar-refractivity contribution in [2.75, 3.05) is 12.9 Å². The predicted octanol–water partition coefficient (Wildman–Crippen LogP) is 1.36. The first kappa shape index (κ1) is 8.30. The molecule has 0 aromatic rings. The zero-order valence-electron chi connectivity index (χ0n) is 6.14. The van der Waals surface area contributed by atoms with Crippen LogP contribution in [0.2, 0.25) is 0 Å². The van der Waals surface area contributed by atoms with E-state index in [0.717, 1.165) is 16.5 Å². The monoisotopic (exact) mass is 177 g/mol. The molecule has 1 saturated heterocycles. The number of rotatable bonds is 1. The lowest BCUT2D eigenvalue weighted by Gasteiger charge is -2.33. The predicted molar refractivity (Wildman–Crippen MR) is 48.2 cm³/mol. The molecule has 0 aliphatic carbocycles. The van der Waals surface area contributed by atoms with Crippen molar-refractivity contribution >= 4 is 28.3 Å². The Kier molecular flexibility index (Phi) is 2.55. The lowest BCUT2D eigenvalue weighted by atomic mass is 10.2. The molecule has 0 aromatic carbocycles. The van der Waals surface area contributed by atoms with Gasteiger partial charge in [-0.05, 0) is 6.92 Å². The maximum absolute atomic E-state index is 5.24. The number of hydrogen-bond acceptors (Lipinski definition) is 3. The fourth-order valence-electron chi connectivity index (χ4n) is 0.806. The van der Waals surface area contributed by atoms with Gasteiger partial charge in [-0.15, -0.1) is 0 Å². The highest BCUT2D eigenvalue weighted by Crippen LogP contribution is 2.22. The van der Waals surface area contributed by atoms with Crippen LogP contribution in [0.1, 0.15) is 13.3 Å². The molecule has 0 radical (unpaired) electrons. The maximum atomic E-state index is 5.24. The summed E-state index contributed by atoms with van der Waals surface area (Å²) in [5.74, 6) is 1.05. The molecule has 4 heteroatoms. The molecule has 1 atom stereocenters. The van der Waals surface area contributed by atoms with Crippen LogP contribution in [0.15, 0.2) is 0 Å². The molecule has 10 heavy (non-hydrogen) atoms. The third-order valence-electron chi connectivity index (χ3n) is 1.63. The molecule has 0 spiro atoms. The normalized spacial score (nSPS) is 33.6. The van der Waals surface area contributed by atoms with Gasteiger partial charge in [0.25, 0.3) is 0 Å². The van der Waals surface area contributed by atoms with Crippen molar-refractivity contribution in [1.82, 2.24) is 5.32 Å². The summed E-state index contributed by atoms with van der Waals surface area (Å²) in [5, 5.41) is 3.11. The molecular weight excluding hydrogens is 166 g/mol. The van der Waals surface area contributed by atoms with Gasteiger partial charge in [0.2, 0.25) is 0 Å². The fraction of sp³-hybridized carbons (Fsp3) is 0.833. The molecular formula is C6H11NOS2. The highest BCUT2D eigenvalue weighted by atomic mass is 32.2. The number of ether oxygens (including phenoxy) is 1. The number of thioether (sulfide) groups is 1. The first-order valence-corrected chi connectivity index (χ1v) is 4.56. The lowest BCUT2D eigenvalue weighted by Crippen LogP contribution is -2.49. The summed E-state index contributed by atoms with van der Waals surface area (Å²) >= 11 is 6.67. The second-order valence-electron chi connectivity index (χ2n) is 2.45. The summed E-state index contributed by atoms with van der Waals surface area (Å²) in [5.41, 5.74) is -0.220. The Morgan fingerprint density at radius 1 is 1.80 bits per heavy atom. The highest BCUT2D eigenvalue weighted by Gasteiger charge is 2.27. The highest BCUT2D eigenvalue weighted by molar-refractivity contribution is 8.23. The van der Waals surface area contributed by atoms with Crippen LogP contribution >= 0.6 is 24.0 Å². The van der Waals surface area contributed by atoms with Crippen molar-refractivity contribution in [3.05, 3.63) is 0 Å². The Bertz CT molecular complexity index is 151. The van der Waals surface area contributed by atoms with Crippen LogP contribution in [-0.4, -0.2) is 22.9 Å². The van der Waals surface area contributed by atoms with Gasteiger partial charge in [0.1, 0.15) is 10.0 Å². The first-order valence-electron chi connectivity index (χ1n) is 3.16. The van der Waals surface area contributed by atoms with E-state index in [1.165, 1.54) is 0 Å². The summed E-state index contributed by atoms with van der Waals surface area (Å²) in [7, 11) is 1.70. The zero-order valence-corrected chi connectivity index (χ0v) is 7.77. The first-order chi connectivity index (χ1) is 4.66. The number of nitrogens with one attached hydrogen (secondary N) is 1. The molecule has 1 fully saturated rings. The van der Waals surface area contributed by atoms with Gasteiger partial charge in [-0.2, -0.15) is 0 Å². The average molecular weight is 177 g/mol.